The second-order valence-corrected chi connectivity index (χ2v) is 9.85. The van der Waals surface area contributed by atoms with Gasteiger partial charge in [-0.25, -0.2) is 4.79 Å². The average molecular weight is 532 g/mol. The molecule has 0 saturated carbocycles. The van der Waals surface area contributed by atoms with Crippen LogP contribution in [0.1, 0.15) is 41.6 Å². The van der Waals surface area contributed by atoms with Gasteiger partial charge >= 0.3 is 18.4 Å². The van der Waals surface area contributed by atoms with Crippen molar-refractivity contribution in [2.24, 2.45) is 0 Å². The van der Waals surface area contributed by atoms with Crippen LogP contribution < -0.4 is 4.90 Å². The Kier molecular flexibility index (Phi) is 6.53. The monoisotopic (exact) mass is 531 g/mol. The molecule has 2 atom stereocenters. The van der Waals surface area contributed by atoms with Crippen LogP contribution >= 0.6 is 0 Å². The number of likely N-dealkylation sites (N-methyl/N-ethyl adjacent to an activating group) is 1. The number of alkyl halides is 6. The maximum Gasteiger partial charge on any atom is 0.416 e. The fraction of sp³-hybridized carbons (Fsp3) is 0.583. The van der Waals surface area contributed by atoms with Crippen molar-refractivity contribution in [3.8, 4) is 0 Å². The van der Waals surface area contributed by atoms with Crippen LogP contribution in [-0.2, 0) is 36.8 Å². The highest BCUT2D eigenvalue weighted by Crippen LogP contribution is 2.37. The second-order valence-electron chi connectivity index (χ2n) is 9.85. The normalized spacial score (nSPS) is 22.7. The van der Waals surface area contributed by atoms with Crippen molar-refractivity contribution in [3.63, 3.8) is 0 Å². The van der Waals surface area contributed by atoms with Gasteiger partial charge in [-0.15, -0.1) is 0 Å². The number of anilines is 1. The SMILES string of the molecule is CN1CCC2C1CCN2c1cc2n(n1)CCCN(C(=O)OCc1cc(C(F)(F)F)cc(C(F)(F)F)c1)C2. The molecule has 13 heteroatoms. The number of rotatable bonds is 3. The molecule has 0 N–H and O–H groups in total. The van der Waals surface area contributed by atoms with Gasteiger partial charge in [-0.2, -0.15) is 31.4 Å². The zero-order valence-corrected chi connectivity index (χ0v) is 20.1. The van der Waals surface area contributed by atoms with Crippen LogP contribution in [0.5, 0.6) is 0 Å². The number of aromatic nitrogens is 2. The molecule has 0 aliphatic carbocycles. The van der Waals surface area contributed by atoms with Crippen LogP contribution in [0.25, 0.3) is 0 Å². The number of benzene rings is 1. The highest BCUT2D eigenvalue weighted by atomic mass is 19.4. The fourth-order valence-corrected chi connectivity index (χ4v) is 5.57. The number of aryl methyl sites for hydroxylation is 1. The minimum Gasteiger partial charge on any atom is -0.445 e. The summed E-state index contributed by atoms with van der Waals surface area (Å²) in [7, 11) is 2.13. The molecule has 2 fully saturated rings. The van der Waals surface area contributed by atoms with Gasteiger partial charge in [-0.1, -0.05) is 0 Å². The maximum atomic E-state index is 13.1. The summed E-state index contributed by atoms with van der Waals surface area (Å²) in [5.74, 6) is 0.858. The van der Waals surface area contributed by atoms with Gasteiger partial charge in [-0.3, -0.25) is 4.68 Å². The first kappa shape index (κ1) is 25.7. The molecule has 5 rings (SSSR count). The van der Waals surface area contributed by atoms with E-state index < -0.39 is 36.2 Å². The van der Waals surface area contributed by atoms with E-state index in [1.165, 1.54) is 4.90 Å². The van der Waals surface area contributed by atoms with Gasteiger partial charge < -0.3 is 19.4 Å². The molecule has 0 spiro atoms. The number of ether oxygens (including phenoxy) is 1. The van der Waals surface area contributed by atoms with Gasteiger partial charge in [0.05, 0.1) is 23.4 Å². The molecule has 37 heavy (non-hydrogen) atoms. The number of nitrogens with zero attached hydrogens (tertiary/aromatic N) is 5. The van der Waals surface area contributed by atoms with Crippen molar-refractivity contribution in [3.05, 3.63) is 46.6 Å². The Hall–Kier alpha value is -2.96. The lowest BCUT2D eigenvalue weighted by Gasteiger charge is -2.24. The summed E-state index contributed by atoms with van der Waals surface area (Å²) < 4.78 is 85.7. The molecular weight excluding hydrogens is 504 g/mol. The number of halogens is 6. The lowest BCUT2D eigenvalue weighted by atomic mass is 10.1. The lowest BCUT2D eigenvalue weighted by Crippen LogP contribution is -2.35. The van der Waals surface area contributed by atoms with E-state index in [9.17, 15) is 31.1 Å². The van der Waals surface area contributed by atoms with E-state index in [1.54, 1.807) is 0 Å². The third-order valence-electron chi connectivity index (χ3n) is 7.42. The molecular formula is C24H27F6N5O2. The van der Waals surface area contributed by atoms with E-state index in [0.29, 0.717) is 43.7 Å². The summed E-state index contributed by atoms with van der Waals surface area (Å²) in [5, 5.41) is 4.76. The first-order valence-electron chi connectivity index (χ1n) is 12.1. The zero-order chi connectivity index (χ0) is 26.5. The van der Waals surface area contributed by atoms with Crippen molar-refractivity contribution in [2.45, 2.75) is 63.4 Å². The number of likely N-dealkylation sites (tertiary alicyclic amines) is 1. The molecule has 1 aromatic carbocycles. The van der Waals surface area contributed by atoms with E-state index in [1.807, 2.05) is 10.7 Å². The van der Waals surface area contributed by atoms with Gasteiger partial charge in [-0.05, 0) is 50.1 Å². The molecule has 0 radical (unpaired) electrons. The van der Waals surface area contributed by atoms with Crippen LogP contribution in [0, 0.1) is 0 Å². The highest BCUT2D eigenvalue weighted by Gasteiger charge is 2.42. The standard InChI is InChI=1S/C24H27F6N5O2/c1-32-7-3-20-19(32)4-8-34(20)21-12-18-13-33(5-2-6-35(18)31-21)22(36)37-14-15-9-16(23(25,26)27)11-17(10-15)24(28,29)30/h9-12,19-20H,2-8,13-14H2,1H3. The second kappa shape index (κ2) is 9.41. The zero-order valence-electron chi connectivity index (χ0n) is 20.1. The molecule has 2 unspecified atom stereocenters. The number of amides is 1. The van der Waals surface area contributed by atoms with Crippen molar-refractivity contribution in [1.29, 1.82) is 0 Å². The molecule has 2 aromatic rings. The van der Waals surface area contributed by atoms with Crippen molar-refractivity contribution >= 4 is 11.9 Å². The third kappa shape index (κ3) is 5.23. The van der Waals surface area contributed by atoms with E-state index in [0.717, 1.165) is 37.4 Å². The summed E-state index contributed by atoms with van der Waals surface area (Å²) in [5.41, 5.74) is -2.48. The molecule has 7 nitrogen and oxygen atoms in total. The van der Waals surface area contributed by atoms with E-state index in [4.69, 9.17) is 9.84 Å². The minimum absolute atomic E-state index is 0.0467. The summed E-state index contributed by atoms with van der Waals surface area (Å²) in [6.45, 7) is 2.33. The van der Waals surface area contributed by atoms with Gasteiger partial charge in [0.2, 0.25) is 0 Å². The van der Waals surface area contributed by atoms with Crippen molar-refractivity contribution < 1.29 is 35.9 Å². The lowest BCUT2D eigenvalue weighted by molar-refractivity contribution is -0.143. The molecule has 4 heterocycles. The molecule has 3 aliphatic heterocycles. The van der Waals surface area contributed by atoms with Crippen LogP contribution in [0.4, 0.5) is 37.0 Å². The molecule has 2 saturated heterocycles. The Bertz CT molecular complexity index is 1130. The molecule has 1 aromatic heterocycles. The van der Waals surface area contributed by atoms with E-state index in [-0.39, 0.29) is 18.2 Å². The van der Waals surface area contributed by atoms with Gasteiger partial charge in [0.25, 0.3) is 0 Å². The summed E-state index contributed by atoms with van der Waals surface area (Å²) in [6.07, 6.45) is -8.03. The highest BCUT2D eigenvalue weighted by molar-refractivity contribution is 5.67. The summed E-state index contributed by atoms with van der Waals surface area (Å²) in [4.78, 5) is 18.8. The number of hydrogen-bond donors (Lipinski definition) is 0. The van der Waals surface area contributed by atoms with Crippen LogP contribution in [0.15, 0.2) is 24.3 Å². The summed E-state index contributed by atoms with van der Waals surface area (Å²) >= 11 is 0. The molecule has 0 bridgehead atoms. The van der Waals surface area contributed by atoms with E-state index >= 15 is 0 Å². The summed E-state index contributed by atoms with van der Waals surface area (Å²) in [6, 6.07) is 4.03. The molecule has 1 amide bonds. The van der Waals surface area contributed by atoms with Gasteiger partial charge in [0, 0.05) is 44.3 Å². The Labute approximate surface area is 209 Å². The quantitative estimate of drug-likeness (QED) is 0.536. The molecule has 202 valence electrons. The fourth-order valence-electron chi connectivity index (χ4n) is 5.57. The number of carbonyl (C=O) groups is 1. The van der Waals surface area contributed by atoms with Gasteiger partial charge in [0.1, 0.15) is 6.61 Å². The topological polar surface area (TPSA) is 53.8 Å². The van der Waals surface area contributed by atoms with Crippen LogP contribution in [0.3, 0.4) is 0 Å². The van der Waals surface area contributed by atoms with Crippen molar-refractivity contribution in [2.75, 3.05) is 31.6 Å². The Morgan fingerprint density at radius 2 is 1.62 bits per heavy atom. The predicted molar refractivity (Wildman–Crippen MR) is 121 cm³/mol. The van der Waals surface area contributed by atoms with Gasteiger partial charge in [0.15, 0.2) is 5.82 Å². The Morgan fingerprint density at radius 3 is 2.30 bits per heavy atom. The maximum absolute atomic E-state index is 13.1. The number of fused-ring (bicyclic) bond motifs is 2. The first-order chi connectivity index (χ1) is 17.4. The first-order valence-corrected chi connectivity index (χ1v) is 12.1. The predicted octanol–water partition coefficient (Wildman–Crippen LogP) is 4.75. The van der Waals surface area contributed by atoms with Crippen LogP contribution in [0.2, 0.25) is 0 Å². The Morgan fingerprint density at radius 1 is 0.946 bits per heavy atom. The average Bonchev–Trinajstić information content (AvgIpc) is 3.49. The Balaban J connectivity index is 1.27. The third-order valence-corrected chi connectivity index (χ3v) is 7.42. The van der Waals surface area contributed by atoms with Crippen molar-refractivity contribution in [1.82, 2.24) is 19.6 Å². The molecule has 3 aliphatic rings. The largest absolute Gasteiger partial charge is 0.445 e. The number of hydrogen-bond acceptors (Lipinski definition) is 5. The van der Waals surface area contributed by atoms with E-state index in [2.05, 4.69) is 16.8 Å². The number of carbonyl (C=O) groups excluding carboxylic acids is 1. The van der Waals surface area contributed by atoms with Crippen LogP contribution in [-0.4, -0.2) is 64.4 Å². The minimum atomic E-state index is -4.97. The smallest absolute Gasteiger partial charge is 0.416 e.